The van der Waals surface area contributed by atoms with Crippen LogP contribution in [0.1, 0.15) is 35.0 Å². The maximum atomic E-state index is 14.6. The van der Waals surface area contributed by atoms with E-state index in [1.807, 2.05) is 0 Å². The van der Waals surface area contributed by atoms with Crippen LogP contribution in [0.25, 0.3) is 10.1 Å². The largest absolute Gasteiger partial charge is 0.495 e. The van der Waals surface area contributed by atoms with Crippen LogP contribution in [0.2, 0.25) is 0 Å². The SMILES string of the molecule is CCOC(=O)c1sc2cccc(F)c2c1CNc1cc(S(=O)(=O)NC2CC2)ccc1OC. The molecule has 170 valence electrons. The van der Waals surface area contributed by atoms with Crippen molar-refractivity contribution in [2.45, 2.75) is 37.2 Å². The number of carbonyl (C=O) groups is 1. The average molecular weight is 479 g/mol. The van der Waals surface area contributed by atoms with Gasteiger partial charge in [-0.2, -0.15) is 0 Å². The molecule has 7 nitrogen and oxygen atoms in total. The van der Waals surface area contributed by atoms with E-state index in [0.29, 0.717) is 32.0 Å². The van der Waals surface area contributed by atoms with Crippen molar-refractivity contribution in [3.05, 3.63) is 52.7 Å². The van der Waals surface area contributed by atoms with E-state index in [1.54, 1.807) is 25.1 Å². The number of anilines is 1. The second-order valence-electron chi connectivity index (χ2n) is 7.35. The number of thiophene rings is 1. The van der Waals surface area contributed by atoms with E-state index in [-0.39, 0.29) is 24.1 Å². The summed E-state index contributed by atoms with van der Waals surface area (Å²) in [5.74, 6) is -0.544. The van der Waals surface area contributed by atoms with Crippen LogP contribution in [0, 0.1) is 5.82 Å². The van der Waals surface area contributed by atoms with Crippen LogP contribution in [0.3, 0.4) is 0 Å². The Hall–Kier alpha value is -2.69. The van der Waals surface area contributed by atoms with Crippen molar-refractivity contribution in [2.75, 3.05) is 19.0 Å². The minimum atomic E-state index is -3.66. The highest BCUT2D eigenvalue weighted by Crippen LogP contribution is 2.36. The molecule has 1 heterocycles. The number of halogens is 1. The van der Waals surface area contributed by atoms with Crippen molar-refractivity contribution in [1.82, 2.24) is 4.72 Å². The topological polar surface area (TPSA) is 93.7 Å². The standard InChI is InChI=1S/C22H23FN2O5S2/c1-3-30-22(26)21-15(20-16(23)5-4-6-19(20)31-21)12-24-17-11-14(9-10-18(17)29-2)32(27,28)25-13-7-8-13/h4-6,9-11,13,24-25H,3,7-8,12H2,1-2H3. The fraction of sp³-hybridized carbons (Fsp3) is 0.318. The Morgan fingerprint density at radius 2 is 2.03 bits per heavy atom. The second-order valence-corrected chi connectivity index (χ2v) is 10.1. The number of sulfonamides is 1. The average Bonchev–Trinajstić information content (AvgIpc) is 3.48. The first-order valence-corrected chi connectivity index (χ1v) is 12.4. The number of fused-ring (bicyclic) bond motifs is 1. The molecule has 0 aliphatic heterocycles. The molecule has 0 bridgehead atoms. The van der Waals surface area contributed by atoms with E-state index < -0.39 is 21.8 Å². The summed E-state index contributed by atoms with van der Waals surface area (Å²) >= 11 is 1.16. The highest BCUT2D eigenvalue weighted by molar-refractivity contribution is 7.89. The molecule has 1 saturated carbocycles. The maximum absolute atomic E-state index is 14.6. The summed E-state index contributed by atoms with van der Waals surface area (Å²) < 4.78 is 53.7. The van der Waals surface area contributed by atoms with Crippen LogP contribution in [0.5, 0.6) is 5.75 Å². The normalized spacial score (nSPS) is 13.8. The smallest absolute Gasteiger partial charge is 0.348 e. The van der Waals surface area contributed by atoms with Crippen molar-refractivity contribution < 1.29 is 27.1 Å². The molecule has 3 aromatic rings. The maximum Gasteiger partial charge on any atom is 0.348 e. The number of hydrogen-bond donors (Lipinski definition) is 2. The first kappa shape index (κ1) is 22.5. The molecular formula is C22H23FN2O5S2. The van der Waals surface area contributed by atoms with E-state index >= 15 is 0 Å². The lowest BCUT2D eigenvalue weighted by Gasteiger charge is -2.14. The Morgan fingerprint density at radius 1 is 1.25 bits per heavy atom. The molecule has 2 aromatic carbocycles. The monoisotopic (exact) mass is 478 g/mol. The number of nitrogens with one attached hydrogen (secondary N) is 2. The molecular weight excluding hydrogens is 455 g/mol. The van der Waals surface area contributed by atoms with Crippen LogP contribution >= 0.6 is 11.3 Å². The van der Waals surface area contributed by atoms with Gasteiger partial charge in [0.15, 0.2) is 0 Å². The van der Waals surface area contributed by atoms with Gasteiger partial charge in [-0.3, -0.25) is 0 Å². The van der Waals surface area contributed by atoms with Gasteiger partial charge in [-0.15, -0.1) is 11.3 Å². The van der Waals surface area contributed by atoms with Crippen molar-refractivity contribution >= 4 is 43.1 Å². The third-order valence-corrected chi connectivity index (χ3v) is 7.76. The Labute approximate surface area is 189 Å². The minimum absolute atomic E-state index is 0.0224. The molecule has 1 fully saturated rings. The van der Waals surface area contributed by atoms with E-state index in [4.69, 9.17) is 9.47 Å². The first-order valence-electron chi connectivity index (χ1n) is 10.1. The molecule has 0 atom stereocenters. The van der Waals surface area contributed by atoms with Gasteiger partial charge in [-0.25, -0.2) is 22.3 Å². The van der Waals surface area contributed by atoms with Crippen LogP contribution in [0.15, 0.2) is 41.3 Å². The van der Waals surface area contributed by atoms with Gasteiger partial charge in [0.2, 0.25) is 10.0 Å². The number of benzene rings is 2. The molecule has 1 aliphatic rings. The number of methoxy groups -OCH3 is 1. The van der Waals surface area contributed by atoms with Gasteiger partial charge in [-0.1, -0.05) is 6.07 Å². The Bertz CT molecular complexity index is 1270. The van der Waals surface area contributed by atoms with Crippen LogP contribution < -0.4 is 14.8 Å². The van der Waals surface area contributed by atoms with Crippen LogP contribution in [-0.2, 0) is 21.3 Å². The molecule has 10 heteroatoms. The number of esters is 1. The fourth-order valence-corrected chi connectivity index (χ4v) is 5.82. The van der Waals surface area contributed by atoms with Gasteiger partial charge < -0.3 is 14.8 Å². The summed E-state index contributed by atoms with van der Waals surface area (Å²) in [5, 5.41) is 3.46. The predicted octanol–water partition coefficient (Wildman–Crippen LogP) is 4.28. The summed E-state index contributed by atoms with van der Waals surface area (Å²) in [4.78, 5) is 12.9. The number of rotatable bonds is 9. The van der Waals surface area contributed by atoms with E-state index in [0.717, 1.165) is 24.2 Å². The van der Waals surface area contributed by atoms with E-state index in [9.17, 15) is 17.6 Å². The number of hydrogen-bond acceptors (Lipinski definition) is 7. The lowest BCUT2D eigenvalue weighted by Crippen LogP contribution is -2.25. The fourth-order valence-electron chi connectivity index (χ4n) is 3.36. The summed E-state index contributed by atoms with van der Waals surface area (Å²) in [6, 6.07) is 9.15. The van der Waals surface area contributed by atoms with Crippen molar-refractivity contribution in [3.8, 4) is 5.75 Å². The first-order chi connectivity index (χ1) is 15.3. The molecule has 1 aliphatic carbocycles. The Morgan fingerprint density at radius 3 is 2.72 bits per heavy atom. The zero-order valence-electron chi connectivity index (χ0n) is 17.6. The summed E-state index contributed by atoms with van der Waals surface area (Å²) in [6.07, 6.45) is 1.65. The third-order valence-electron chi connectivity index (χ3n) is 5.06. The Kier molecular flexibility index (Phi) is 6.36. The van der Waals surface area contributed by atoms with Crippen molar-refractivity contribution in [3.63, 3.8) is 0 Å². The molecule has 4 rings (SSSR count). The van der Waals surface area contributed by atoms with Crippen LogP contribution in [-0.4, -0.2) is 34.1 Å². The summed E-state index contributed by atoms with van der Waals surface area (Å²) in [5.41, 5.74) is 0.865. The molecule has 1 aromatic heterocycles. The van der Waals surface area contributed by atoms with Gasteiger partial charge >= 0.3 is 5.97 Å². The van der Waals surface area contributed by atoms with Gasteiger partial charge in [0.25, 0.3) is 0 Å². The van der Waals surface area contributed by atoms with E-state index in [2.05, 4.69) is 10.0 Å². The molecule has 0 amide bonds. The summed E-state index contributed by atoms with van der Waals surface area (Å²) in [7, 11) is -2.19. The number of carbonyl (C=O) groups excluding carboxylic acids is 1. The number of ether oxygens (including phenoxy) is 2. The van der Waals surface area contributed by atoms with Crippen LogP contribution in [0.4, 0.5) is 10.1 Å². The predicted molar refractivity (Wildman–Crippen MR) is 121 cm³/mol. The Balaban J connectivity index is 1.69. The van der Waals surface area contributed by atoms with Gasteiger partial charge in [0.1, 0.15) is 16.4 Å². The second kappa shape index (κ2) is 9.05. The molecule has 32 heavy (non-hydrogen) atoms. The molecule has 0 saturated heterocycles. The highest BCUT2D eigenvalue weighted by Gasteiger charge is 2.28. The zero-order valence-corrected chi connectivity index (χ0v) is 19.2. The van der Waals surface area contributed by atoms with Gasteiger partial charge in [0, 0.05) is 28.2 Å². The zero-order chi connectivity index (χ0) is 22.9. The van der Waals surface area contributed by atoms with Gasteiger partial charge in [0.05, 0.1) is 24.3 Å². The lowest BCUT2D eigenvalue weighted by atomic mass is 10.1. The van der Waals surface area contributed by atoms with Crippen molar-refractivity contribution in [1.29, 1.82) is 0 Å². The third kappa shape index (κ3) is 4.57. The molecule has 0 radical (unpaired) electrons. The molecule has 0 unspecified atom stereocenters. The quantitative estimate of drug-likeness (QED) is 0.446. The minimum Gasteiger partial charge on any atom is -0.495 e. The lowest BCUT2D eigenvalue weighted by molar-refractivity contribution is 0.0531. The highest BCUT2D eigenvalue weighted by atomic mass is 32.2. The molecule has 2 N–H and O–H groups in total. The van der Waals surface area contributed by atoms with Crippen molar-refractivity contribution in [2.24, 2.45) is 0 Å². The van der Waals surface area contributed by atoms with Gasteiger partial charge in [-0.05, 0) is 50.1 Å². The molecule has 0 spiro atoms. The summed E-state index contributed by atoms with van der Waals surface area (Å²) in [6.45, 7) is 1.98. The van der Waals surface area contributed by atoms with E-state index in [1.165, 1.54) is 25.3 Å².